The first-order valence-corrected chi connectivity index (χ1v) is 8.52. The molecule has 0 aromatic heterocycles. The van der Waals surface area contributed by atoms with Gasteiger partial charge in [0.1, 0.15) is 18.1 Å². The number of benzene rings is 2. The van der Waals surface area contributed by atoms with Crippen LogP contribution in [0.4, 0.5) is 0 Å². The molecule has 140 valence electrons. The first kappa shape index (κ1) is 19.8. The highest BCUT2D eigenvalue weighted by Crippen LogP contribution is 2.25. The highest BCUT2D eigenvalue weighted by atomic mass is 16.5. The molecule has 6 heteroatoms. The van der Waals surface area contributed by atoms with Gasteiger partial charge in [0, 0.05) is 24.3 Å². The number of hydrogen-bond acceptors (Lipinski definition) is 5. The lowest BCUT2D eigenvalue weighted by atomic mass is 10.1. The van der Waals surface area contributed by atoms with E-state index < -0.39 is 0 Å². The molecule has 2 aromatic rings. The van der Waals surface area contributed by atoms with E-state index >= 15 is 0 Å². The maximum atomic E-state index is 12.7. The Labute approximate surface area is 153 Å². The molecule has 0 unspecified atom stereocenters. The van der Waals surface area contributed by atoms with Crippen molar-refractivity contribution in [2.24, 2.45) is 0 Å². The van der Waals surface area contributed by atoms with Crippen LogP contribution in [-0.4, -0.2) is 47.9 Å². The molecule has 3 rings (SSSR count). The van der Waals surface area contributed by atoms with Gasteiger partial charge in [-0.3, -0.25) is 4.79 Å². The lowest BCUT2D eigenvalue weighted by Gasteiger charge is -2.20. The monoisotopic (exact) mass is 359 g/mol. The maximum absolute atomic E-state index is 12.7. The lowest BCUT2D eigenvalue weighted by molar-refractivity contribution is 0.0733. The van der Waals surface area contributed by atoms with Gasteiger partial charge >= 0.3 is 0 Å². The van der Waals surface area contributed by atoms with Crippen molar-refractivity contribution in [2.75, 3.05) is 26.9 Å². The van der Waals surface area contributed by atoms with Gasteiger partial charge in [-0.25, -0.2) is 0 Å². The molecule has 26 heavy (non-hydrogen) atoms. The molecular formula is C20H25NO5. The Morgan fingerprint density at radius 1 is 1.19 bits per heavy atom. The number of methoxy groups -OCH3 is 1. The molecule has 2 N–H and O–H groups in total. The Kier molecular flexibility index (Phi) is 7.44. The molecular weight excluding hydrogens is 334 g/mol. The van der Waals surface area contributed by atoms with Gasteiger partial charge in [0.2, 0.25) is 0 Å². The third-order valence-corrected chi connectivity index (χ3v) is 3.91. The fourth-order valence-corrected chi connectivity index (χ4v) is 2.64. The second-order valence-corrected chi connectivity index (χ2v) is 5.72. The van der Waals surface area contributed by atoms with Crippen LogP contribution in [-0.2, 0) is 13.2 Å². The summed E-state index contributed by atoms with van der Waals surface area (Å²) in [6.45, 7) is 3.34. The highest BCUT2D eigenvalue weighted by molar-refractivity contribution is 5.94. The van der Waals surface area contributed by atoms with Crippen molar-refractivity contribution in [1.29, 1.82) is 0 Å². The van der Waals surface area contributed by atoms with Gasteiger partial charge in [0.05, 0.1) is 20.3 Å². The van der Waals surface area contributed by atoms with Crippen LogP contribution in [0.3, 0.4) is 0 Å². The lowest BCUT2D eigenvalue weighted by Crippen LogP contribution is -2.32. The average Bonchev–Trinajstić information content (AvgIpc) is 2.89. The molecule has 0 spiro atoms. The topological polar surface area (TPSA) is 79.2 Å². The number of ether oxygens (including phenoxy) is 2. The Morgan fingerprint density at radius 3 is 2.50 bits per heavy atom. The predicted octanol–water partition coefficient (Wildman–Crippen LogP) is 2.22. The molecule has 0 saturated carbocycles. The SMILES string of the molecule is CCO.COc1ccc(C(=O)N2CCOc3ccc(CO)cc3C2)cc1. The van der Waals surface area contributed by atoms with Crippen molar-refractivity contribution >= 4 is 5.91 Å². The van der Waals surface area contributed by atoms with Crippen LogP contribution in [0.5, 0.6) is 11.5 Å². The fourth-order valence-electron chi connectivity index (χ4n) is 2.64. The minimum absolute atomic E-state index is 0.0281. The van der Waals surface area contributed by atoms with Crippen LogP contribution < -0.4 is 9.47 Å². The number of amides is 1. The number of aliphatic hydroxyl groups is 2. The summed E-state index contributed by atoms with van der Waals surface area (Å²) in [4.78, 5) is 14.5. The van der Waals surface area contributed by atoms with Crippen molar-refractivity contribution in [3.8, 4) is 11.5 Å². The van der Waals surface area contributed by atoms with E-state index in [1.54, 1.807) is 43.2 Å². The van der Waals surface area contributed by atoms with Crippen molar-refractivity contribution in [3.05, 3.63) is 59.2 Å². The van der Waals surface area contributed by atoms with Crippen molar-refractivity contribution < 1.29 is 24.5 Å². The minimum Gasteiger partial charge on any atom is -0.497 e. The van der Waals surface area contributed by atoms with Crippen LogP contribution in [0.25, 0.3) is 0 Å². The number of carbonyl (C=O) groups is 1. The van der Waals surface area contributed by atoms with Crippen molar-refractivity contribution in [2.45, 2.75) is 20.1 Å². The summed E-state index contributed by atoms with van der Waals surface area (Å²) in [5, 5.41) is 16.8. The summed E-state index contributed by atoms with van der Waals surface area (Å²) in [7, 11) is 1.60. The number of fused-ring (bicyclic) bond motifs is 1. The van der Waals surface area contributed by atoms with E-state index in [1.807, 2.05) is 18.2 Å². The van der Waals surface area contributed by atoms with Gasteiger partial charge in [-0.1, -0.05) is 6.07 Å². The van der Waals surface area contributed by atoms with Crippen LogP contribution >= 0.6 is 0 Å². The van der Waals surface area contributed by atoms with Crippen LogP contribution in [0.2, 0.25) is 0 Å². The zero-order chi connectivity index (χ0) is 18.9. The van der Waals surface area contributed by atoms with E-state index in [0.717, 1.165) is 22.6 Å². The van der Waals surface area contributed by atoms with E-state index in [-0.39, 0.29) is 19.1 Å². The molecule has 1 aliphatic rings. The maximum Gasteiger partial charge on any atom is 0.254 e. The molecule has 0 aliphatic carbocycles. The Bertz CT molecular complexity index is 715. The van der Waals surface area contributed by atoms with Gasteiger partial charge in [0.15, 0.2) is 0 Å². The van der Waals surface area contributed by atoms with E-state index in [2.05, 4.69) is 0 Å². The normalized spacial score (nSPS) is 12.8. The number of carbonyl (C=O) groups excluding carboxylic acids is 1. The molecule has 6 nitrogen and oxygen atoms in total. The number of nitrogens with zero attached hydrogens (tertiary/aromatic N) is 1. The summed E-state index contributed by atoms with van der Waals surface area (Å²) in [6.07, 6.45) is 0. The smallest absolute Gasteiger partial charge is 0.254 e. The molecule has 2 aromatic carbocycles. The Balaban J connectivity index is 0.000000758. The Morgan fingerprint density at radius 2 is 1.88 bits per heavy atom. The predicted molar refractivity (Wildman–Crippen MR) is 98.4 cm³/mol. The third-order valence-electron chi connectivity index (χ3n) is 3.91. The molecule has 0 atom stereocenters. The summed E-state index contributed by atoms with van der Waals surface area (Å²) < 4.78 is 10.8. The molecule has 0 bridgehead atoms. The second kappa shape index (κ2) is 9.79. The molecule has 0 fully saturated rings. The van der Waals surface area contributed by atoms with Gasteiger partial charge in [-0.05, 0) is 48.9 Å². The third kappa shape index (κ3) is 4.97. The number of aliphatic hydroxyl groups excluding tert-OH is 2. The molecule has 0 radical (unpaired) electrons. The zero-order valence-corrected chi connectivity index (χ0v) is 15.1. The van der Waals surface area contributed by atoms with Gasteiger partial charge < -0.3 is 24.6 Å². The zero-order valence-electron chi connectivity index (χ0n) is 15.1. The molecule has 1 aliphatic heterocycles. The van der Waals surface area contributed by atoms with E-state index in [4.69, 9.17) is 14.6 Å². The minimum atomic E-state index is -0.0431. The van der Waals surface area contributed by atoms with Crippen molar-refractivity contribution in [3.63, 3.8) is 0 Å². The first-order chi connectivity index (χ1) is 12.6. The van der Waals surface area contributed by atoms with Crippen LogP contribution in [0.15, 0.2) is 42.5 Å². The first-order valence-electron chi connectivity index (χ1n) is 8.52. The second-order valence-electron chi connectivity index (χ2n) is 5.72. The standard InChI is InChI=1S/C18H19NO4.C2H6O/c1-22-16-5-3-14(4-6-16)18(21)19-8-9-23-17-7-2-13(12-20)10-15(17)11-19;1-2-3/h2-7,10,20H,8-9,11-12H2,1H3;3H,2H2,1H3. The summed E-state index contributed by atoms with van der Waals surface area (Å²) in [5.74, 6) is 1.45. The van der Waals surface area contributed by atoms with Gasteiger partial charge in [-0.15, -0.1) is 0 Å². The Hall–Kier alpha value is -2.57. The summed E-state index contributed by atoms with van der Waals surface area (Å²) in [5.41, 5.74) is 2.34. The van der Waals surface area contributed by atoms with Gasteiger partial charge in [-0.2, -0.15) is 0 Å². The fraction of sp³-hybridized carbons (Fsp3) is 0.350. The molecule has 1 heterocycles. The van der Waals surface area contributed by atoms with Crippen LogP contribution in [0.1, 0.15) is 28.4 Å². The summed E-state index contributed by atoms with van der Waals surface area (Å²) in [6, 6.07) is 12.6. The van der Waals surface area contributed by atoms with E-state index in [9.17, 15) is 9.90 Å². The largest absolute Gasteiger partial charge is 0.497 e. The molecule has 1 amide bonds. The highest BCUT2D eigenvalue weighted by Gasteiger charge is 2.21. The van der Waals surface area contributed by atoms with Gasteiger partial charge in [0.25, 0.3) is 5.91 Å². The van der Waals surface area contributed by atoms with E-state index in [0.29, 0.717) is 25.3 Å². The van der Waals surface area contributed by atoms with Crippen molar-refractivity contribution in [1.82, 2.24) is 4.90 Å². The van der Waals surface area contributed by atoms with Crippen LogP contribution in [0, 0.1) is 0 Å². The summed E-state index contributed by atoms with van der Waals surface area (Å²) >= 11 is 0. The quantitative estimate of drug-likeness (QED) is 0.878. The number of hydrogen-bond donors (Lipinski definition) is 2. The molecule has 0 saturated heterocycles. The average molecular weight is 359 g/mol. The number of rotatable bonds is 3. The van der Waals surface area contributed by atoms with E-state index in [1.165, 1.54) is 0 Å².